The van der Waals surface area contributed by atoms with Crippen LogP contribution in [-0.2, 0) is 4.74 Å². The standard InChI is InChI=1S/C10H12ClNO2S/c11-7-3-4-15-10(7)9(13)8-2-1-6(5-12)14-8/h3-4,6,8H,1-2,5,12H2. The molecule has 0 bridgehead atoms. The van der Waals surface area contributed by atoms with Crippen LogP contribution in [0.1, 0.15) is 22.5 Å². The van der Waals surface area contributed by atoms with Gasteiger partial charge in [0.15, 0.2) is 0 Å². The molecule has 0 aliphatic carbocycles. The number of Topliss-reactive ketones (excluding diaryl/α,β-unsaturated/α-hetero) is 1. The summed E-state index contributed by atoms with van der Waals surface area (Å²) in [6, 6.07) is 1.73. The molecule has 2 atom stereocenters. The molecule has 3 nitrogen and oxygen atoms in total. The van der Waals surface area contributed by atoms with Gasteiger partial charge in [-0.15, -0.1) is 11.3 Å². The zero-order valence-electron chi connectivity index (χ0n) is 8.11. The van der Waals surface area contributed by atoms with Crippen LogP contribution >= 0.6 is 22.9 Å². The minimum atomic E-state index is -0.352. The Balaban J connectivity index is 2.07. The fourth-order valence-electron chi connectivity index (χ4n) is 1.69. The topological polar surface area (TPSA) is 52.3 Å². The van der Waals surface area contributed by atoms with E-state index in [4.69, 9.17) is 22.1 Å². The first-order valence-electron chi connectivity index (χ1n) is 4.85. The second-order valence-electron chi connectivity index (χ2n) is 3.52. The van der Waals surface area contributed by atoms with Crippen molar-refractivity contribution in [3.63, 3.8) is 0 Å². The number of carbonyl (C=O) groups is 1. The number of hydrogen-bond donors (Lipinski definition) is 1. The second kappa shape index (κ2) is 4.61. The van der Waals surface area contributed by atoms with Crippen molar-refractivity contribution in [2.75, 3.05) is 6.54 Å². The molecule has 1 aromatic rings. The SMILES string of the molecule is NCC1CCC(C(=O)c2sccc2Cl)O1. The van der Waals surface area contributed by atoms with Crippen LogP contribution in [0.25, 0.3) is 0 Å². The predicted octanol–water partition coefficient (Wildman–Crippen LogP) is 2.09. The summed E-state index contributed by atoms with van der Waals surface area (Å²) in [4.78, 5) is 12.5. The maximum Gasteiger partial charge on any atom is 0.202 e. The van der Waals surface area contributed by atoms with Crippen LogP contribution in [0.3, 0.4) is 0 Å². The molecule has 0 aromatic carbocycles. The van der Waals surface area contributed by atoms with Crippen LogP contribution in [-0.4, -0.2) is 24.5 Å². The molecule has 82 valence electrons. The summed E-state index contributed by atoms with van der Waals surface area (Å²) in [5, 5.41) is 2.33. The number of carbonyl (C=O) groups excluding carboxylic acids is 1. The molecule has 1 saturated heterocycles. The van der Waals surface area contributed by atoms with E-state index in [1.807, 2.05) is 5.38 Å². The minimum absolute atomic E-state index is 0.00838. The zero-order chi connectivity index (χ0) is 10.8. The summed E-state index contributed by atoms with van der Waals surface area (Å²) in [5.74, 6) is -0.00838. The van der Waals surface area contributed by atoms with Gasteiger partial charge < -0.3 is 10.5 Å². The lowest BCUT2D eigenvalue weighted by Gasteiger charge is -2.10. The van der Waals surface area contributed by atoms with Gasteiger partial charge in [-0.05, 0) is 24.3 Å². The average molecular weight is 246 g/mol. The Morgan fingerprint density at radius 3 is 3.00 bits per heavy atom. The maximum atomic E-state index is 12.0. The summed E-state index contributed by atoms with van der Waals surface area (Å²) >= 11 is 7.25. The molecule has 0 radical (unpaired) electrons. The predicted molar refractivity (Wildman–Crippen MR) is 60.6 cm³/mol. The van der Waals surface area contributed by atoms with E-state index in [2.05, 4.69) is 0 Å². The first-order chi connectivity index (χ1) is 7.22. The lowest BCUT2D eigenvalue weighted by atomic mass is 10.1. The van der Waals surface area contributed by atoms with Gasteiger partial charge in [0.2, 0.25) is 5.78 Å². The van der Waals surface area contributed by atoms with Crippen molar-refractivity contribution in [1.82, 2.24) is 0 Å². The van der Waals surface area contributed by atoms with Crippen LogP contribution in [0, 0.1) is 0 Å². The summed E-state index contributed by atoms with van der Waals surface area (Å²) in [6.45, 7) is 0.474. The molecule has 2 unspecified atom stereocenters. The van der Waals surface area contributed by atoms with E-state index >= 15 is 0 Å². The fraction of sp³-hybridized carbons (Fsp3) is 0.500. The van der Waals surface area contributed by atoms with Crippen molar-refractivity contribution in [3.8, 4) is 0 Å². The highest BCUT2D eigenvalue weighted by molar-refractivity contribution is 7.12. The Morgan fingerprint density at radius 2 is 2.47 bits per heavy atom. The molecule has 0 spiro atoms. The van der Waals surface area contributed by atoms with Gasteiger partial charge in [-0.3, -0.25) is 4.79 Å². The van der Waals surface area contributed by atoms with Gasteiger partial charge in [-0.2, -0.15) is 0 Å². The third-order valence-electron chi connectivity index (χ3n) is 2.50. The highest BCUT2D eigenvalue weighted by Crippen LogP contribution is 2.28. The first kappa shape index (κ1) is 11.1. The first-order valence-corrected chi connectivity index (χ1v) is 6.11. The van der Waals surface area contributed by atoms with Gasteiger partial charge in [0, 0.05) is 6.54 Å². The van der Waals surface area contributed by atoms with E-state index < -0.39 is 0 Å². The van der Waals surface area contributed by atoms with Crippen molar-refractivity contribution < 1.29 is 9.53 Å². The summed E-state index contributed by atoms with van der Waals surface area (Å²) in [5.41, 5.74) is 5.48. The third kappa shape index (κ3) is 2.23. The van der Waals surface area contributed by atoms with Gasteiger partial charge in [0.25, 0.3) is 0 Å². The molecule has 1 aliphatic rings. The molecule has 2 N–H and O–H groups in total. The average Bonchev–Trinajstić information content (AvgIpc) is 2.84. The van der Waals surface area contributed by atoms with E-state index in [1.165, 1.54) is 11.3 Å². The minimum Gasteiger partial charge on any atom is -0.365 e. The van der Waals surface area contributed by atoms with Crippen molar-refractivity contribution in [2.45, 2.75) is 25.0 Å². The molecule has 2 heterocycles. The second-order valence-corrected chi connectivity index (χ2v) is 4.85. The Morgan fingerprint density at radius 1 is 1.67 bits per heavy atom. The molecule has 1 aliphatic heterocycles. The summed E-state index contributed by atoms with van der Waals surface area (Å²) < 4.78 is 5.52. The summed E-state index contributed by atoms with van der Waals surface area (Å²) in [7, 11) is 0. The number of nitrogens with two attached hydrogens (primary N) is 1. The lowest BCUT2D eigenvalue weighted by Crippen LogP contribution is -2.24. The Hall–Kier alpha value is -0.420. The molecule has 0 amide bonds. The quantitative estimate of drug-likeness (QED) is 0.830. The number of hydrogen-bond acceptors (Lipinski definition) is 4. The zero-order valence-corrected chi connectivity index (χ0v) is 9.68. The van der Waals surface area contributed by atoms with Crippen LogP contribution in [0.15, 0.2) is 11.4 Å². The van der Waals surface area contributed by atoms with E-state index in [-0.39, 0.29) is 18.0 Å². The molecule has 15 heavy (non-hydrogen) atoms. The van der Waals surface area contributed by atoms with E-state index in [0.29, 0.717) is 16.4 Å². The highest BCUT2D eigenvalue weighted by Gasteiger charge is 2.31. The van der Waals surface area contributed by atoms with E-state index in [1.54, 1.807) is 6.07 Å². The van der Waals surface area contributed by atoms with Crippen molar-refractivity contribution in [1.29, 1.82) is 0 Å². The van der Waals surface area contributed by atoms with Crippen LogP contribution in [0.2, 0.25) is 5.02 Å². The van der Waals surface area contributed by atoms with Crippen molar-refractivity contribution in [2.24, 2.45) is 5.73 Å². The molecule has 0 saturated carbocycles. The van der Waals surface area contributed by atoms with Crippen LogP contribution in [0.4, 0.5) is 0 Å². The number of ether oxygens (including phenoxy) is 1. The van der Waals surface area contributed by atoms with Crippen LogP contribution < -0.4 is 5.73 Å². The maximum absolute atomic E-state index is 12.0. The largest absolute Gasteiger partial charge is 0.365 e. The van der Waals surface area contributed by atoms with E-state index in [0.717, 1.165) is 12.8 Å². The third-order valence-corrected chi connectivity index (χ3v) is 3.86. The molecular weight excluding hydrogens is 234 g/mol. The number of ketones is 1. The normalized spacial score (nSPS) is 25.7. The molecule has 1 fully saturated rings. The lowest BCUT2D eigenvalue weighted by molar-refractivity contribution is 0.0407. The number of thiophene rings is 1. The van der Waals surface area contributed by atoms with Crippen molar-refractivity contribution in [3.05, 3.63) is 21.3 Å². The Bertz CT molecular complexity index is 366. The number of rotatable bonds is 3. The Labute approximate surface area is 97.2 Å². The van der Waals surface area contributed by atoms with Gasteiger partial charge in [0.05, 0.1) is 16.0 Å². The Kier molecular flexibility index (Phi) is 3.41. The fourth-order valence-corrected chi connectivity index (χ4v) is 2.82. The molecule has 5 heteroatoms. The highest BCUT2D eigenvalue weighted by atomic mass is 35.5. The molecule has 2 rings (SSSR count). The van der Waals surface area contributed by atoms with Gasteiger partial charge >= 0.3 is 0 Å². The summed E-state index contributed by atoms with van der Waals surface area (Å²) in [6.07, 6.45) is 1.28. The van der Waals surface area contributed by atoms with Crippen molar-refractivity contribution >= 4 is 28.7 Å². The van der Waals surface area contributed by atoms with E-state index in [9.17, 15) is 4.79 Å². The smallest absolute Gasteiger partial charge is 0.202 e. The molecule has 1 aromatic heterocycles. The number of halogens is 1. The van der Waals surface area contributed by atoms with Gasteiger partial charge in [-0.1, -0.05) is 11.6 Å². The monoisotopic (exact) mass is 245 g/mol. The van der Waals surface area contributed by atoms with Gasteiger partial charge in [-0.25, -0.2) is 0 Å². The van der Waals surface area contributed by atoms with Gasteiger partial charge in [0.1, 0.15) is 6.10 Å². The van der Waals surface area contributed by atoms with Crippen LogP contribution in [0.5, 0.6) is 0 Å². The molecular formula is C10H12ClNO2S.